The van der Waals surface area contributed by atoms with Crippen molar-refractivity contribution in [3.8, 4) is 0 Å². The molecule has 1 aliphatic carbocycles. The lowest BCUT2D eigenvalue weighted by Gasteiger charge is -2.29. The summed E-state index contributed by atoms with van der Waals surface area (Å²) in [4.78, 5) is 0.297. The van der Waals surface area contributed by atoms with Gasteiger partial charge in [-0.2, -0.15) is 0 Å². The predicted octanol–water partition coefficient (Wildman–Crippen LogP) is 3.08. The summed E-state index contributed by atoms with van der Waals surface area (Å²) in [6.45, 7) is 1.87. The number of halogens is 2. The van der Waals surface area contributed by atoms with Gasteiger partial charge in [0.25, 0.3) is 0 Å². The van der Waals surface area contributed by atoms with Crippen LogP contribution in [0.1, 0.15) is 30.9 Å². The first kappa shape index (κ1) is 16.1. The molecule has 0 heterocycles. The third kappa shape index (κ3) is 3.14. The van der Waals surface area contributed by atoms with Gasteiger partial charge in [0.2, 0.25) is 10.0 Å². The Morgan fingerprint density at radius 3 is 2.45 bits per heavy atom. The lowest BCUT2D eigenvalue weighted by molar-refractivity contribution is 0.449. The zero-order chi connectivity index (χ0) is 14.8. The van der Waals surface area contributed by atoms with Crippen LogP contribution in [0.2, 0.25) is 0 Å². The molecule has 0 unspecified atom stereocenters. The van der Waals surface area contributed by atoms with E-state index >= 15 is 0 Å². The van der Waals surface area contributed by atoms with Crippen molar-refractivity contribution < 1.29 is 8.42 Å². The van der Waals surface area contributed by atoms with Crippen molar-refractivity contribution in [2.24, 2.45) is 0 Å². The number of sulfonamides is 1. The Balaban J connectivity index is 2.31. The van der Waals surface area contributed by atoms with Crippen molar-refractivity contribution in [2.75, 3.05) is 11.8 Å². The molecule has 2 rings (SSSR count). The summed E-state index contributed by atoms with van der Waals surface area (Å²) < 4.78 is 27.7. The number of nitrogens with one attached hydrogen (secondary N) is 1. The molecule has 1 aromatic carbocycles. The van der Waals surface area contributed by atoms with Crippen LogP contribution in [0.5, 0.6) is 0 Å². The lowest BCUT2D eigenvalue weighted by Crippen LogP contribution is -2.51. The fourth-order valence-corrected chi connectivity index (χ4v) is 4.89. The zero-order valence-corrected chi connectivity index (χ0v) is 13.8. The number of hydrogen-bond donors (Lipinski definition) is 1. The molecule has 0 aliphatic heterocycles. The predicted molar refractivity (Wildman–Crippen MR) is 83.3 cm³/mol. The van der Waals surface area contributed by atoms with Crippen molar-refractivity contribution >= 4 is 33.2 Å². The molecule has 6 heteroatoms. The fourth-order valence-electron chi connectivity index (χ4n) is 2.41. The molecule has 0 amide bonds. The maximum atomic E-state index is 12.5. The van der Waals surface area contributed by atoms with Gasteiger partial charge >= 0.3 is 0 Å². The van der Waals surface area contributed by atoms with Gasteiger partial charge in [-0.3, -0.25) is 0 Å². The van der Waals surface area contributed by atoms with E-state index < -0.39 is 15.6 Å². The van der Waals surface area contributed by atoms with E-state index in [1.165, 1.54) is 5.56 Å². The van der Waals surface area contributed by atoms with E-state index in [0.29, 0.717) is 11.3 Å². The van der Waals surface area contributed by atoms with E-state index in [1.807, 2.05) is 13.0 Å². The van der Waals surface area contributed by atoms with E-state index in [1.54, 1.807) is 12.1 Å². The molecular formula is C14H19Cl2NO2S. The van der Waals surface area contributed by atoms with Crippen molar-refractivity contribution in [1.82, 2.24) is 4.72 Å². The molecular weight excluding hydrogens is 317 g/mol. The van der Waals surface area contributed by atoms with Gasteiger partial charge < -0.3 is 0 Å². The number of aryl methyl sites for hydroxylation is 2. The topological polar surface area (TPSA) is 46.2 Å². The molecule has 1 aromatic rings. The highest BCUT2D eigenvalue weighted by Crippen LogP contribution is 2.26. The molecule has 20 heavy (non-hydrogen) atoms. The Bertz CT molecular complexity index is 575. The van der Waals surface area contributed by atoms with Gasteiger partial charge in [0.1, 0.15) is 0 Å². The summed E-state index contributed by atoms with van der Waals surface area (Å²) in [5.41, 5.74) is 1.59. The molecule has 0 spiro atoms. The first-order valence-electron chi connectivity index (χ1n) is 6.74. The first-order chi connectivity index (χ1) is 9.46. The standard InChI is InChI=1S/C14H19Cl2NO2S/c1-2-14(9-15,10-16)17-20(18,19)13-7-6-11-4-3-5-12(11)8-13/h6-8,17H,2-5,9-10H2,1H3. The molecule has 0 fully saturated rings. The minimum Gasteiger partial charge on any atom is -0.207 e. The summed E-state index contributed by atoms with van der Waals surface area (Å²) in [6, 6.07) is 5.34. The highest BCUT2D eigenvalue weighted by atomic mass is 35.5. The summed E-state index contributed by atoms with van der Waals surface area (Å²) in [6.07, 6.45) is 3.62. The molecule has 1 aliphatic rings. The Morgan fingerprint density at radius 1 is 1.20 bits per heavy atom. The van der Waals surface area contributed by atoms with Crippen molar-refractivity contribution in [3.05, 3.63) is 29.3 Å². The molecule has 0 saturated carbocycles. The highest BCUT2D eigenvalue weighted by molar-refractivity contribution is 7.89. The summed E-state index contributed by atoms with van der Waals surface area (Å²) in [7, 11) is -3.59. The van der Waals surface area contributed by atoms with Gasteiger partial charge in [-0.25, -0.2) is 13.1 Å². The minimum absolute atomic E-state index is 0.150. The highest BCUT2D eigenvalue weighted by Gasteiger charge is 2.32. The molecule has 0 saturated heterocycles. The SMILES string of the molecule is CCC(CCl)(CCl)NS(=O)(=O)c1ccc2c(c1)CCC2. The molecule has 0 bridgehead atoms. The monoisotopic (exact) mass is 335 g/mol. The fraction of sp³-hybridized carbons (Fsp3) is 0.571. The Labute approximate surface area is 130 Å². The van der Waals surface area contributed by atoms with Crippen molar-refractivity contribution in [1.29, 1.82) is 0 Å². The molecule has 3 nitrogen and oxygen atoms in total. The number of benzene rings is 1. The van der Waals surface area contributed by atoms with E-state index in [9.17, 15) is 8.42 Å². The van der Waals surface area contributed by atoms with Gasteiger partial charge in [-0.15, -0.1) is 23.2 Å². The summed E-state index contributed by atoms with van der Waals surface area (Å²) in [5.74, 6) is 0.300. The van der Waals surface area contributed by atoms with Crippen LogP contribution in [0.3, 0.4) is 0 Å². The van der Waals surface area contributed by atoms with E-state index in [-0.39, 0.29) is 11.8 Å². The second-order valence-electron chi connectivity index (χ2n) is 5.29. The molecule has 0 aromatic heterocycles. The number of rotatable bonds is 6. The van der Waals surface area contributed by atoms with Crippen LogP contribution in [0.25, 0.3) is 0 Å². The van der Waals surface area contributed by atoms with Crippen LogP contribution >= 0.6 is 23.2 Å². The summed E-state index contributed by atoms with van der Waals surface area (Å²) >= 11 is 11.8. The van der Waals surface area contributed by atoms with E-state index in [0.717, 1.165) is 24.8 Å². The average Bonchev–Trinajstić information content (AvgIpc) is 2.92. The molecule has 0 radical (unpaired) electrons. The van der Waals surface area contributed by atoms with E-state index in [4.69, 9.17) is 23.2 Å². The smallest absolute Gasteiger partial charge is 0.207 e. The van der Waals surface area contributed by atoms with Crippen LogP contribution in [-0.4, -0.2) is 25.7 Å². The van der Waals surface area contributed by atoms with Gasteiger partial charge in [0.15, 0.2) is 0 Å². The average molecular weight is 336 g/mol. The van der Waals surface area contributed by atoms with Crippen molar-refractivity contribution in [3.63, 3.8) is 0 Å². The molecule has 0 atom stereocenters. The maximum Gasteiger partial charge on any atom is 0.241 e. The van der Waals surface area contributed by atoms with Crippen LogP contribution in [0.15, 0.2) is 23.1 Å². The van der Waals surface area contributed by atoms with E-state index in [2.05, 4.69) is 4.72 Å². The first-order valence-corrected chi connectivity index (χ1v) is 9.29. The molecule has 112 valence electrons. The second-order valence-corrected chi connectivity index (χ2v) is 7.51. The van der Waals surface area contributed by atoms with Gasteiger partial charge in [-0.1, -0.05) is 13.0 Å². The quantitative estimate of drug-likeness (QED) is 0.812. The maximum absolute atomic E-state index is 12.5. The lowest BCUT2D eigenvalue weighted by atomic mass is 10.0. The van der Waals surface area contributed by atoms with Crippen LogP contribution < -0.4 is 4.72 Å². The summed E-state index contributed by atoms with van der Waals surface area (Å²) in [5, 5.41) is 0. The Kier molecular flexibility index (Phi) is 5.00. The number of fused-ring (bicyclic) bond motifs is 1. The van der Waals surface area contributed by atoms with Gasteiger partial charge in [0.05, 0.1) is 10.4 Å². The van der Waals surface area contributed by atoms with Crippen LogP contribution in [0, 0.1) is 0 Å². The third-order valence-corrected chi connectivity index (χ3v) is 6.52. The third-order valence-electron chi connectivity index (χ3n) is 3.92. The van der Waals surface area contributed by atoms with Crippen LogP contribution in [0.4, 0.5) is 0 Å². The van der Waals surface area contributed by atoms with Gasteiger partial charge in [0, 0.05) is 11.8 Å². The minimum atomic E-state index is -3.59. The number of alkyl halides is 2. The van der Waals surface area contributed by atoms with Crippen molar-refractivity contribution in [2.45, 2.75) is 43.0 Å². The normalized spacial score (nSPS) is 15.3. The zero-order valence-electron chi connectivity index (χ0n) is 11.5. The largest absolute Gasteiger partial charge is 0.241 e. The number of hydrogen-bond acceptors (Lipinski definition) is 2. The Hall–Kier alpha value is -0.290. The second kappa shape index (κ2) is 6.22. The van der Waals surface area contributed by atoms with Gasteiger partial charge in [-0.05, 0) is 48.9 Å². The molecule has 1 N–H and O–H groups in total. The van der Waals surface area contributed by atoms with Crippen LogP contribution in [-0.2, 0) is 22.9 Å². The Morgan fingerprint density at radius 2 is 1.85 bits per heavy atom.